The number of nitriles is 1. The Bertz CT molecular complexity index is 353. The molecule has 0 radical (unpaired) electrons. The molecular formula is C9H6FNO2. The van der Waals surface area contributed by atoms with E-state index in [9.17, 15) is 9.18 Å². The number of rotatable bonds is 2. The molecule has 1 aromatic carbocycles. The van der Waals surface area contributed by atoms with E-state index in [0.29, 0.717) is 0 Å². The van der Waals surface area contributed by atoms with Crippen molar-refractivity contribution in [2.45, 2.75) is 5.92 Å². The predicted molar refractivity (Wildman–Crippen MR) is 42.4 cm³/mol. The normalized spacial score (nSPS) is 11.7. The van der Waals surface area contributed by atoms with Crippen LogP contribution in [0.15, 0.2) is 24.3 Å². The molecular weight excluding hydrogens is 173 g/mol. The maximum Gasteiger partial charge on any atom is 0.325 e. The molecule has 0 aliphatic heterocycles. The minimum absolute atomic E-state index is 0.288. The van der Waals surface area contributed by atoms with Crippen molar-refractivity contribution < 1.29 is 14.3 Å². The lowest BCUT2D eigenvalue weighted by atomic mass is 10.0. The Labute approximate surface area is 74.0 Å². The van der Waals surface area contributed by atoms with Crippen molar-refractivity contribution in [1.82, 2.24) is 0 Å². The van der Waals surface area contributed by atoms with Gasteiger partial charge in [0, 0.05) is 0 Å². The quantitative estimate of drug-likeness (QED) is 0.748. The maximum atomic E-state index is 12.4. The van der Waals surface area contributed by atoms with Crippen LogP contribution in [-0.2, 0) is 4.79 Å². The lowest BCUT2D eigenvalue weighted by molar-refractivity contribution is -0.137. The Hall–Kier alpha value is -1.89. The number of nitrogens with zero attached hydrogens (tertiary/aromatic N) is 1. The fourth-order valence-electron chi connectivity index (χ4n) is 0.928. The summed E-state index contributed by atoms with van der Waals surface area (Å²) in [7, 11) is 0. The van der Waals surface area contributed by atoms with Gasteiger partial charge in [-0.05, 0) is 17.7 Å². The highest BCUT2D eigenvalue weighted by atomic mass is 19.1. The second kappa shape index (κ2) is 3.68. The molecule has 1 rings (SSSR count). The first-order valence-corrected chi connectivity index (χ1v) is 3.53. The third kappa shape index (κ3) is 2.03. The zero-order valence-electron chi connectivity index (χ0n) is 6.57. The van der Waals surface area contributed by atoms with Crippen LogP contribution in [0.4, 0.5) is 4.39 Å². The standard InChI is InChI=1S/C9H6FNO2/c10-7-3-1-6(2-4-7)8(5-11)9(12)13/h1-4,8H,(H,12,13). The summed E-state index contributed by atoms with van der Waals surface area (Å²) in [5.74, 6) is -2.90. The number of carbonyl (C=O) groups is 1. The van der Waals surface area contributed by atoms with Crippen molar-refractivity contribution in [3.63, 3.8) is 0 Å². The zero-order chi connectivity index (χ0) is 9.84. The molecule has 0 bridgehead atoms. The first kappa shape index (κ1) is 9.20. The van der Waals surface area contributed by atoms with Crippen LogP contribution in [0, 0.1) is 17.1 Å². The van der Waals surface area contributed by atoms with Gasteiger partial charge < -0.3 is 5.11 Å². The van der Waals surface area contributed by atoms with Gasteiger partial charge in [0.05, 0.1) is 6.07 Å². The fraction of sp³-hybridized carbons (Fsp3) is 0.111. The van der Waals surface area contributed by atoms with E-state index in [1.807, 2.05) is 0 Å². The Morgan fingerprint density at radius 1 is 1.46 bits per heavy atom. The highest BCUT2D eigenvalue weighted by molar-refractivity contribution is 5.79. The molecule has 1 N–H and O–H groups in total. The van der Waals surface area contributed by atoms with E-state index in [0.717, 1.165) is 12.1 Å². The van der Waals surface area contributed by atoms with Crippen LogP contribution < -0.4 is 0 Å². The van der Waals surface area contributed by atoms with Crippen molar-refractivity contribution in [1.29, 1.82) is 5.26 Å². The lowest BCUT2D eigenvalue weighted by Crippen LogP contribution is -2.08. The van der Waals surface area contributed by atoms with Crippen molar-refractivity contribution in [2.24, 2.45) is 0 Å². The molecule has 66 valence electrons. The van der Waals surface area contributed by atoms with Crippen molar-refractivity contribution in [2.75, 3.05) is 0 Å². The highest BCUT2D eigenvalue weighted by Crippen LogP contribution is 2.15. The first-order chi connectivity index (χ1) is 6.15. The number of carboxylic acids is 1. The third-order valence-corrected chi connectivity index (χ3v) is 1.58. The van der Waals surface area contributed by atoms with Gasteiger partial charge in [-0.3, -0.25) is 4.79 Å². The molecule has 1 unspecified atom stereocenters. The van der Waals surface area contributed by atoms with Crippen LogP contribution in [0.5, 0.6) is 0 Å². The summed E-state index contributed by atoms with van der Waals surface area (Å²) in [6.07, 6.45) is 0. The van der Waals surface area contributed by atoms with Crippen molar-refractivity contribution in [3.8, 4) is 6.07 Å². The van der Waals surface area contributed by atoms with Gasteiger partial charge in [-0.1, -0.05) is 12.1 Å². The van der Waals surface area contributed by atoms with E-state index in [1.165, 1.54) is 12.1 Å². The van der Waals surface area contributed by atoms with Gasteiger partial charge in [0.2, 0.25) is 0 Å². The van der Waals surface area contributed by atoms with E-state index >= 15 is 0 Å². The average Bonchev–Trinajstić information content (AvgIpc) is 2.09. The van der Waals surface area contributed by atoms with E-state index < -0.39 is 17.7 Å². The number of benzene rings is 1. The SMILES string of the molecule is N#CC(C(=O)O)c1ccc(F)cc1. The van der Waals surface area contributed by atoms with Crippen LogP contribution >= 0.6 is 0 Å². The van der Waals surface area contributed by atoms with Crippen LogP contribution in [0.3, 0.4) is 0 Å². The average molecular weight is 179 g/mol. The first-order valence-electron chi connectivity index (χ1n) is 3.53. The second-order valence-corrected chi connectivity index (χ2v) is 2.45. The summed E-state index contributed by atoms with van der Waals surface area (Å²) in [4.78, 5) is 10.5. The molecule has 0 saturated heterocycles. The number of hydrogen-bond acceptors (Lipinski definition) is 2. The predicted octanol–water partition coefficient (Wildman–Crippen LogP) is 1.52. The molecule has 4 heteroatoms. The summed E-state index contributed by atoms with van der Waals surface area (Å²) >= 11 is 0. The number of halogens is 1. The van der Waals surface area contributed by atoms with Crippen LogP contribution in [-0.4, -0.2) is 11.1 Å². The van der Waals surface area contributed by atoms with E-state index in [1.54, 1.807) is 6.07 Å². The van der Waals surface area contributed by atoms with Crippen LogP contribution in [0.25, 0.3) is 0 Å². The molecule has 0 spiro atoms. The van der Waals surface area contributed by atoms with Gasteiger partial charge >= 0.3 is 5.97 Å². The molecule has 1 atom stereocenters. The van der Waals surface area contributed by atoms with Crippen molar-refractivity contribution in [3.05, 3.63) is 35.6 Å². The number of carboxylic acid groups (broad SMARTS) is 1. The Morgan fingerprint density at radius 3 is 2.38 bits per heavy atom. The van der Waals surface area contributed by atoms with Crippen molar-refractivity contribution >= 4 is 5.97 Å². The van der Waals surface area contributed by atoms with Crippen LogP contribution in [0.2, 0.25) is 0 Å². The molecule has 0 aliphatic rings. The monoisotopic (exact) mass is 179 g/mol. The molecule has 0 amide bonds. The summed E-state index contributed by atoms with van der Waals surface area (Å²) in [6.45, 7) is 0. The topological polar surface area (TPSA) is 61.1 Å². The Kier molecular flexibility index (Phi) is 2.60. The molecule has 0 heterocycles. The highest BCUT2D eigenvalue weighted by Gasteiger charge is 2.18. The van der Waals surface area contributed by atoms with Gasteiger partial charge in [0.25, 0.3) is 0 Å². The summed E-state index contributed by atoms with van der Waals surface area (Å²) in [5, 5.41) is 17.1. The lowest BCUT2D eigenvalue weighted by Gasteiger charge is -2.02. The molecule has 13 heavy (non-hydrogen) atoms. The smallest absolute Gasteiger partial charge is 0.325 e. The summed E-state index contributed by atoms with van der Waals surface area (Å²) in [6, 6.07) is 6.45. The molecule has 0 saturated carbocycles. The van der Waals surface area contributed by atoms with E-state index in [2.05, 4.69) is 0 Å². The van der Waals surface area contributed by atoms with Gasteiger partial charge in [-0.2, -0.15) is 5.26 Å². The van der Waals surface area contributed by atoms with E-state index in [-0.39, 0.29) is 5.56 Å². The molecule has 0 aliphatic carbocycles. The third-order valence-electron chi connectivity index (χ3n) is 1.58. The molecule has 0 fully saturated rings. The van der Waals surface area contributed by atoms with Crippen LogP contribution in [0.1, 0.15) is 11.5 Å². The van der Waals surface area contributed by atoms with E-state index in [4.69, 9.17) is 10.4 Å². The number of hydrogen-bond donors (Lipinski definition) is 1. The minimum Gasteiger partial charge on any atom is -0.480 e. The largest absolute Gasteiger partial charge is 0.480 e. The van der Waals surface area contributed by atoms with Gasteiger partial charge in [0.15, 0.2) is 5.92 Å². The minimum atomic E-state index is -1.23. The summed E-state index contributed by atoms with van der Waals surface area (Å²) < 4.78 is 12.4. The molecule has 3 nitrogen and oxygen atoms in total. The van der Waals surface area contributed by atoms with Gasteiger partial charge in [-0.15, -0.1) is 0 Å². The number of aliphatic carboxylic acids is 1. The molecule has 1 aromatic rings. The Balaban J connectivity index is 3.01. The van der Waals surface area contributed by atoms with Gasteiger partial charge in [0.1, 0.15) is 5.82 Å². The zero-order valence-corrected chi connectivity index (χ0v) is 6.57. The summed E-state index contributed by atoms with van der Waals surface area (Å²) in [5.41, 5.74) is 0.288. The fourth-order valence-corrected chi connectivity index (χ4v) is 0.928. The maximum absolute atomic E-state index is 12.4. The van der Waals surface area contributed by atoms with Gasteiger partial charge in [-0.25, -0.2) is 4.39 Å². The Morgan fingerprint density at radius 2 is 2.00 bits per heavy atom. The second-order valence-electron chi connectivity index (χ2n) is 2.45. The molecule has 0 aromatic heterocycles.